The van der Waals surface area contributed by atoms with Gasteiger partial charge < -0.3 is 4.18 Å². The van der Waals surface area contributed by atoms with Gasteiger partial charge in [-0.25, -0.2) is 4.39 Å². The molecule has 0 fully saturated rings. The van der Waals surface area contributed by atoms with Gasteiger partial charge in [-0.3, -0.25) is 0 Å². The lowest BCUT2D eigenvalue weighted by Gasteiger charge is -2.09. The van der Waals surface area contributed by atoms with Gasteiger partial charge in [-0.05, 0) is 35.7 Å². The van der Waals surface area contributed by atoms with Crippen LogP contribution in [0.1, 0.15) is 25.3 Å². The first-order chi connectivity index (χ1) is 9.40. The summed E-state index contributed by atoms with van der Waals surface area (Å²) in [6, 6.07) is 11.8. The van der Waals surface area contributed by atoms with E-state index in [0.717, 1.165) is 11.6 Å². The van der Waals surface area contributed by atoms with Gasteiger partial charge in [-0.2, -0.15) is 8.42 Å². The molecule has 0 radical (unpaired) electrons. The van der Waals surface area contributed by atoms with E-state index in [-0.39, 0.29) is 10.6 Å². The third-order valence-electron chi connectivity index (χ3n) is 2.87. The van der Waals surface area contributed by atoms with Crippen molar-refractivity contribution in [3.05, 3.63) is 59.9 Å². The highest BCUT2D eigenvalue weighted by Crippen LogP contribution is 2.23. The first-order valence-corrected chi connectivity index (χ1v) is 7.60. The fourth-order valence-corrected chi connectivity index (χ4v) is 2.64. The van der Waals surface area contributed by atoms with E-state index >= 15 is 0 Å². The molecule has 2 aromatic rings. The zero-order chi connectivity index (χ0) is 14.8. The third-order valence-corrected chi connectivity index (χ3v) is 4.12. The van der Waals surface area contributed by atoms with E-state index in [4.69, 9.17) is 4.18 Å². The van der Waals surface area contributed by atoms with Crippen LogP contribution in [0.2, 0.25) is 0 Å². The van der Waals surface area contributed by atoms with Gasteiger partial charge in [-0.15, -0.1) is 0 Å². The molecule has 0 atom stereocenters. The van der Waals surface area contributed by atoms with Crippen molar-refractivity contribution < 1.29 is 17.0 Å². The molecule has 0 unspecified atom stereocenters. The zero-order valence-corrected chi connectivity index (χ0v) is 12.0. The summed E-state index contributed by atoms with van der Waals surface area (Å²) >= 11 is 0. The van der Waals surface area contributed by atoms with Gasteiger partial charge in [0.25, 0.3) is 0 Å². The molecule has 20 heavy (non-hydrogen) atoms. The molecule has 0 aliphatic heterocycles. The minimum absolute atomic E-state index is 0.00477. The average Bonchev–Trinajstić information content (AvgIpc) is 2.41. The molecule has 0 aliphatic carbocycles. The van der Waals surface area contributed by atoms with Crippen LogP contribution < -0.4 is 4.18 Å². The highest BCUT2D eigenvalue weighted by Gasteiger charge is 2.18. The fourth-order valence-electron chi connectivity index (χ4n) is 1.70. The summed E-state index contributed by atoms with van der Waals surface area (Å²) in [5.74, 6) is -0.713. The maximum Gasteiger partial charge on any atom is 0.339 e. The average molecular weight is 294 g/mol. The molecule has 0 amide bonds. The summed E-state index contributed by atoms with van der Waals surface area (Å²) in [6.45, 7) is 4.03. The van der Waals surface area contributed by atoms with Crippen LogP contribution in [0, 0.1) is 5.82 Å². The summed E-state index contributed by atoms with van der Waals surface area (Å²) in [5.41, 5.74) is 1.02. The van der Waals surface area contributed by atoms with Crippen molar-refractivity contribution in [2.45, 2.75) is 24.7 Å². The Bertz CT molecular complexity index is 691. The molecule has 0 saturated heterocycles. The molecule has 106 valence electrons. The smallest absolute Gasteiger partial charge is 0.339 e. The Labute approximate surface area is 118 Å². The second kappa shape index (κ2) is 5.63. The van der Waals surface area contributed by atoms with Crippen LogP contribution in [0.4, 0.5) is 4.39 Å². The van der Waals surface area contributed by atoms with Crippen molar-refractivity contribution in [2.24, 2.45) is 0 Å². The van der Waals surface area contributed by atoms with Crippen LogP contribution in [0.15, 0.2) is 53.4 Å². The number of para-hydroxylation sites is 1. The maximum atomic E-state index is 13.4. The van der Waals surface area contributed by atoms with E-state index in [1.54, 1.807) is 12.1 Å². The van der Waals surface area contributed by atoms with E-state index in [9.17, 15) is 12.8 Å². The lowest BCUT2D eigenvalue weighted by Crippen LogP contribution is -2.10. The Morgan fingerprint density at radius 2 is 1.60 bits per heavy atom. The number of hydrogen-bond acceptors (Lipinski definition) is 3. The van der Waals surface area contributed by atoms with Gasteiger partial charge in [-0.1, -0.05) is 38.1 Å². The second-order valence-electron chi connectivity index (χ2n) is 4.69. The molecular weight excluding hydrogens is 279 g/mol. The highest BCUT2D eigenvalue weighted by atomic mass is 32.2. The number of hydrogen-bond donors (Lipinski definition) is 0. The normalized spacial score (nSPS) is 11.6. The molecule has 0 N–H and O–H groups in total. The van der Waals surface area contributed by atoms with Gasteiger partial charge in [0.1, 0.15) is 4.90 Å². The largest absolute Gasteiger partial charge is 0.376 e. The van der Waals surface area contributed by atoms with Crippen LogP contribution in [0.5, 0.6) is 5.75 Å². The Morgan fingerprint density at radius 1 is 1.00 bits per heavy atom. The minimum atomic E-state index is -4.02. The lowest BCUT2D eigenvalue weighted by atomic mass is 10.0. The Kier molecular flexibility index (Phi) is 4.09. The molecule has 5 heteroatoms. The quantitative estimate of drug-likeness (QED) is 0.807. The van der Waals surface area contributed by atoms with Gasteiger partial charge in [0.2, 0.25) is 0 Å². The van der Waals surface area contributed by atoms with E-state index < -0.39 is 15.9 Å². The SMILES string of the molecule is CC(C)c1ccc(S(=O)(=O)Oc2ccccc2F)cc1. The van der Waals surface area contributed by atoms with Crippen molar-refractivity contribution >= 4 is 10.1 Å². The van der Waals surface area contributed by atoms with Crippen molar-refractivity contribution in [1.29, 1.82) is 0 Å². The number of benzene rings is 2. The Balaban J connectivity index is 2.29. The molecule has 0 aliphatic rings. The van der Waals surface area contributed by atoms with Crippen molar-refractivity contribution in [1.82, 2.24) is 0 Å². The van der Waals surface area contributed by atoms with E-state index in [1.807, 2.05) is 13.8 Å². The lowest BCUT2D eigenvalue weighted by molar-refractivity contribution is 0.461. The fraction of sp³-hybridized carbons (Fsp3) is 0.200. The standard InChI is InChI=1S/C15H15FO3S/c1-11(2)12-7-9-13(10-8-12)20(17,18)19-15-6-4-3-5-14(15)16/h3-11H,1-2H3. The molecule has 0 saturated carbocycles. The number of rotatable bonds is 4. The Morgan fingerprint density at radius 3 is 2.15 bits per heavy atom. The summed E-state index contributed by atoms with van der Waals surface area (Å²) in [6.07, 6.45) is 0. The van der Waals surface area contributed by atoms with Gasteiger partial charge in [0.15, 0.2) is 11.6 Å². The van der Waals surface area contributed by atoms with Crippen LogP contribution in [0.3, 0.4) is 0 Å². The molecule has 2 rings (SSSR count). The third kappa shape index (κ3) is 3.17. The van der Waals surface area contributed by atoms with Gasteiger partial charge in [0, 0.05) is 0 Å². The molecule has 3 nitrogen and oxygen atoms in total. The van der Waals surface area contributed by atoms with Gasteiger partial charge in [0.05, 0.1) is 0 Å². The molecule has 0 bridgehead atoms. The highest BCUT2D eigenvalue weighted by molar-refractivity contribution is 7.87. The first-order valence-electron chi connectivity index (χ1n) is 6.19. The van der Waals surface area contributed by atoms with Crippen LogP contribution in [0.25, 0.3) is 0 Å². The summed E-state index contributed by atoms with van der Waals surface area (Å²) in [5, 5.41) is 0. The molecule has 0 aromatic heterocycles. The Hall–Kier alpha value is -1.88. The van der Waals surface area contributed by atoms with E-state index in [0.29, 0.717) is 5.92 Å². The van der Waals surface area contributed by atoms with Crippen molar-refractivity contribution in [3.63, 3.8) is 0 Å². The van der Waals surface area contributed by atoms with Crippen LogP contribution in [-0.2, 0) is 10.1 Å². The topological polar surface area (TPSA) is 43.4 Å². The summed E-state index contributed by atoms with van der Waals surface area (Å²) in [4.78, 5) is 0.00477. The summed E-state index contributed by atoms with van der Waals surface area (Å²) in [7, 11) is -4.02. The maximum absolute atomic E-state index is 13.4. The summed E-state index contributed by atoms with van der Waals surface area (Å²) < 4.78 is 42.3. The van der Waals surface area contributed by atoms with Crippen molar-refractivity contribution in [2.75, 3.05) is 0 Å². The van der Waals surface area contributed by atoms with E-state index in [1.165, 1.54) is 30.3 Å². The molecular formula is C15H15FO3S. The van der Waals surface area contributed by atoms with Gasteiger partial charge >= 0.3 is 10.1 Å². The first kappa shape index (κ1) is 14.5. The van der Waals surface area contributed by atoms with Crippen LogP contribution >= 0.6 is 0 Å². The monoisotopic (exact) mass is 294 g/mol. The van der Waals surface area contributed by atoms with Crippen LogP contribution in [-0.4, -0.2) is 8.42 Å². The molecule has 0 heterocycles. The van der Waals surface area contributed by atoms with E-state index in [2.05, 4.69) is 0 Å². The number of halogens is 1. The molecule has 0 spiro atoms. The molecule has 2 aromatic carbocycles. The predicted octanol–water partition coefficient (Wildman–Crippen LogP) is 3.72. The minimum Gasteiger partial charge on any atom is -0.376 e. The second-order valence-corrected chi connectivity index (χ2v) is 6.24. The zero-order valence-electron chi connectivity index (χ0n) is 11.2. The predicted molar refractivity (Wildman–Crippen MR) is 74.7 cm³/mol. The van der Waals surface area contributed by atoms with Crippen molar-refractivity contribution in [3.8, 4) is 5.75 Å².